The van der Waals surface area contributed by atoms with Crippen LogP contribution in [0, 0.1) is 0 Å². The summed E-state index contributed by atoms with van der Waals surface area (Å²) in [6.07, 6.45) is 0.249. The molecule has 0 bridgehead atoms. The molecule has 1 heterocycles. The molecule has 158 valence electrons. The van der Waals surface area contributed by atoms with Gasteiger partial charge in [-0.1, -0.05) is 41.9 Å². The minimum Gasteiger partial charge on any atom is -0.496 e. The highest BCUT2D eigenvalue weighted by atomic mass is 35.5. The van der Waals surface area contributed by atoms with Crippen LogP contribution in [0.5, 0.6) is 5.75 Å². The molecule has 3 rings (SSSR count). The van der Waals surface area contributed by atoms with Crippen LogP contribution in [0.2, 0.25) is 5.02 Å². The first-order chi connectivity index (χ1) is 14.2. The van der Waals surface area contributed by atoms with Crippen LogP contribution >= 0.6 is 11.6 Å². The quantitative estimate of drug-likeness (QED) is 0.662. The number of halogens is 1. The number of carbonyl (C=O) groups is 3. The third-order valence-electron chi connectivity index (χ3n) is 5.11. The monoisotopic (exact) mass is 429 g/mol. The number of hydrogen-bond acceptors (Lipinski definition) is 4. The van der Waals surface area contributed by atoms with Crippen LogP contribution in [-0.4, -0.2) is 41.9 Å². The van der Waals surface area contributed by atoms with E-state index in [1.54, 1.807) is 45.2 Å². The molecule has 2 N–H and O–H groups in total. The lowest BCUT2D eigenvalue weighted by Gasteiger charge is -2.23. The number of imide groups is 1. The van der Waals surface area contributed by atoms with Gasteiger partial charge < -0.3 is 15.4 Å². The van der Waals surface area contributed by atoms with E-state index in [2.05, 4.69) is 10.6 Å². The Kier molecular flexibility index (Phi) is 6.31. The Bertz CT molecular complexity index is 980. The van der Waals surface area contributed by atoms with Crippen LogP contribution in [0.4, 0.5) is 4.79 Å². The van der Waals surface area contributed by atoms with E-state index in [1.807, 2.05) is 24.3 Å². The molecule has 2 atom stereocenters. The SMILES string of the molecule is COc1ccccc1C[C@@]1(C)NC(=O)N(CC(=O)N[C@@H](C)c2cccc(Cl)c2)C1=O. The Hall–Kier alpha value is -3.06. The van der Waals surface area contributed by atoms with Crippen molar-refractivity contribution in [1.82, 2.24) is 15.5 Å². The molecule has 7 nitrogen and oxygen atoms in total. The van der Waals surface area contributed by atoms with Gasteiger partial charge in [0.2, 0.25) is 5.91 Å². The van der Waals surface area contributed by atoms with Gasteiger partial charge in [0.05, 0.1) is 13.2 Å². The first-order valence-electron chi connectivity index (χ1n) is 9.54. The fourth-order valence-corrected chi connectivity index (χ4v) is 3.73. The van der Waals surface area contributed by atoms with Crippen molar-refractivity contribution in [2.24, 2.45) is 0 Å². The van der Waals surface area contributed by atoms with E-state index in [9.17, 15) is 14.4 Å². The zero-order chi connectivity index (χ0) is 21.9. The van der Waals surface area contributed by atoms with Gasteiger partial charge in [-0.2, -0.15) is 0 Å². The van der Waals surface area contributed by atoms with E-state index >= 15 is 0 Å². The van der Waals surface area contributed by atoms with E-state index in [-0.39, 0.29) is 19.0 Å². The Balaban J connectivity index is 1.67. The van der Waals surface area contributed by atoms with Gasteiger partial charge in [0.25, 0.3) is 5.91 Å². The number of rotatable bonds is 7. The minimum atomic E-state index is -1.16. The largest absolute Gasteiger partial charge is 0.496 e. The zero-order valence-electron chi connectivity index (χ0n) is 17.1. The van der Waals surface area contributed by atoms with Crippen LogP contribution in [0.3, 0.4) is 0 Å². The molecule has 1 aliphatic rings. The Morgan fingerprint density at radius 1 is 1.23 bits per heavy atom. The van der Waals surface area contributed by atoms with Crippen molar-refractivity contribution in [3.8, 4) is 5.75 Å². The lowest BCUT2D eigenvalue weighted by atomic mass is 9.92. The highest BCUT2D eigenvalue weighted by Gasteiger charge is 2.48. The minimum absolute atomic E-state index is 0.249. The Morgan fingerprint density at radius 2 is 1.97 bits per heavy atom. The molecule has 0 unspecified atom stereocenters. The molecule has 1 aliphatic heterocycles. The molecule has 2 aromatic rings. The molecule has 0 saturated carbocycles. The molecule has 2 aromatic carbocycles. The lowest BCUT2D eigenvalue weighted by molar-refractivity contribution is -0.134. The van der Waals surface area contributed by atoms with Gasteiger partial charge in [-0.25, -0.2) is 4.79 Å². The summed E-state index contributed by atoms with van der Waals surface area (Å²) in [4.78, 5) is 38.9. The number of nitrogens with zero attached hydrogens (tertiary/aromatic N) is 1. The normalized spacial score (nSPS) is 19.4. The summed E-state index contributed by atoms with van der Waals surface area (Å²) in [6.45, 7) is 3.09. The summed E-state index contributed by atoms with van der Waals surface area (Å²) < 4.78 is 5.34. The van der Waals surface area contributed by atoms with Crippen LogP contribution in [0.25, 0.3) is 0 Å². The average molecular weight is 430 g/mol. The van der Waals surface area contributed by atoms with Gasteiger partial charge in [-0.3, -0.25) is 14.5 Å². The van der Waals surface area contributed by atoms with Crippen molar-refractivity contribution >= 4 is 29.4 Å². The second-order valence-corrected chi connectivity index (χ2v) is 7.92. The maximum atomic E-state index is 13.0. The summed E-state index contributed by atoms with van der Waals surface area (Å²) in [5.41, 5.74) is 0.455. The molecule has 0 aromatic heterocycles. The number of ether oxygens (including phenoxy) is 1. The second-order valence-electron chi connectivity index (χ2n) is 7.49. The van der Waals surface area contributed by atoms with E-state index < -0.39 is 23.4 Å². The number of hydrogen-bond donors (Lipinski definition) is 2. The van der Waals surface area contributed by atoms with Crippen LogP contribution in [0.15, 0.2) is 48.5 Å². The molecule has 0 aliphatic carbocycles. The number of nitrogens with one attached hydrogen (secondary N) is 2. The molecular weight excluding hydrogens is 406 g/mol. The fourth-order valence-electron chi connectivity index (χ4n) is 3.53. The smallest absolute Gasteiger partial charge is 0.325 e. The van der Waals surface area contributed by atoms with Crippen molar-refractivity contribution in [3.05, 3.63) is 64.7 Å². The van der Waals surface area contributed by atoms with E-state index in [0.29, 0.717) is 10.8 Å². The van der Waals surface area contributed by atoms with Crippen LogP contribution in [0.1, 0.15) is 31.0 Å². The Morgan fingerprint density at radius 3 is 2.67 bits per heavy atom. The summed E-state index contributed by atoms with van der Waals surface area (Å²) in [6, 6.07) is 13.5. The molecule has 1 fully saturated rings. The molecular formula is C22H24ClN3O4. The standard InChI is InChI=1S/C22H24ClN3O4/c1-14(15-8-6-9-17(23)11-15)24-19(27)13-26-20(28)22(2,25-21(26)29)12-16-7-4-5-10-18(16)30-3/h4-11,14H,12-13H2,1-3H3,(H,24,27)(H,25,29)/t14-,22+/m0/s1. The van der Waals surface area contributed by atoms with Crippen LogP contribution in [-0.2, 0) is 16.0 Å². The number of methoxy groups -OCH3 is 1. The van der Waals surface area contributed by atoms with E-state index in [4.69, 9.17) is 16.3 Å². The maximum absolute atomic E-state index is 13.0. The lowest BCUT2D eigenvalue weighted by Crippen LogP contribution is -2.47. The molecule has 0 radical (unpaired) electrons. The predicted octanol–water partition coefficient (Wildman–Crippen LogP) is 3.08. The van der Waals surface area contributed by atoms with Crippen molar-refractivity contribution in [3.63, 3.8) is 0 Å². The summed E-state index contributed by atoms with van der Waals surface area (Å²) in [7, 11) is 1.55. The van der Waals surface area contributed by atoms with Crippen molar-refractivity contribution in [2.45, 2.75) is 31.8 Å². The topological polar surface area (TPSA) is 87.7 Å². The van der Waals surface area contributed by atoms with Gasteiger partial charge in [0.15, 0.2) is 0 Å². The number of urea groups is 1. The Labute approximate surface area is 180 Å². The summed E-state index contributed by atoms with van der Waals surface area (Å²) in [5.74, 6) is -0.260. The van der Waals surface area contributed by atoms with Crippen molar-refractivity contribution < 1.29 is 19.1 Å². The highest BCUT2D eigenvalue weighted by Crippen LogP contribution is 2.27. The van der Waals surface area contributed by atoms with Gasteiger partial charge in [-0.05, 0) is 43.2 Å². The van der Waals surface area contributed by atoms with Gasteiger partial charge in [0, 0.05) is 11.4 Å². The molecule has 8 heteroatoms. The summed E-state index contributed by atoms with van der Waals surface area (Å²) in [5, 5.41) is 6.07. The third-order valence-corrected chi connectivity index (χ3v) is 5.34. The molecule has 0 spiro atoms. The highest BCUT2D eigenvalue weighted by molar-refractivity contribution is 6.30. The molecule has 1 saturated heterocycles. The molecule has 30 heavy (non-hydrogen) atoms. The number of carbonyl (C=O) groups excluding carboxylic acids is 3. The number of para-hydroxylation sites is 1. The number of benzene rings is 2. The first-order valence-corrected chi connectivity index (χ1v) is 9.92. The predicted molar refractivity (Wildman–Crippen MR) is 113 cm³/mol. The van der Waals surface area contributed by atoms with Gasteiger partial charge >= 0.3 is 6.03 Å². The third kappa shape index (κ3) is 4.57. The molecule has 4 amide bonds. The number of amides is 4. The zero-order valence-corrected chi connectivity index (χ0v) is 17.8. The fraction of sp³-hybridized carbons (Fsp3) is 0.318. The van der Waals surface area contributed by atoms with Crippen LogP contribution < -0.4 is 15.4 Å². The maximum Gasteiger partial charge on any atom is 0.325 e. The second kappa shape index (κ2) is 8.75. The first kappa shape index (κ1) is 21.6. The van der Waals surface area contributed by atoms with Gasteiger partial charge in [-0.15, -0.1) is 0 Å². The summed E-state index contributed by atoms with van der Waals surface area (Å²) >= 11 is 5.99. The van der Waals surface area contributed by atoms with Crippen molar-refractivity contribution in [1.29, 1.82) is 0 Å². The van der Waals surface area contributed by atoms with Crippen molar-refractivity contribution in [2.75, 3.05) is 13.7 Å². The average Bonchev–Trinajstić information content (AvgIpc) is 2.91. The van der Waals surface area contributed by atoms with Gasteiger partial charge in [0.1, 0.15) is 17.8 Å². The van der Waals surface area contributed by atoms with E-state index in [0.717, 1.165) is 16.0 Å². The van der Waals surface area contributed by atoms with E-state index in [1.165, 1.54) is 0 Å².